The molecule has 1 aliphatic rings. The van der Waals surface area contributed by atoms with Gasteiger partial charge in [-0.15, -0.1) is 0 Å². The Morgan fingerprint density at radius 1 is 0.968 bits per heavy atom. The minimum Gasteiger partial charge on any atom is -0.494 e. The molecule has 31 heavy (non-hydrogen) atoms. The molecule has 1 aliphatic heterocycles. The Hall–Kier alpha value is -4.00. The van der Waals surface area contributed by atoms with Crippen molar-refractivity contribution < 1.29 is 19.1 Å². The van der Waals surface area contributed by atoms with Crippen LogP contribution in [0.4, 0.5) is 21.9 Å². The van der Waals surface area contributed by atoms with Gasteiger partial charge in [0.25, 0.3) is 5.91 Å². The first-order valence-electron chi connectivity index (χ1n) is 9.96. The lowest BCUT2D eigenvalue weighted by atomic mass is 10.1. The molecule has 2 N–H and O–H groups in total. The van der Waals surface area contributed by atoms with E-state index >= 15 is 0 Å². The minimum absolute atomic E-state index is 0.213. The van der Waals surface area contributed by atoms with Crippen LogP contribution in [-0.4, -0.2) is 25.6 Å². The van der Waals surface area contributed by atoms with E-state index in [9.17, 15) is 9.59 Å². The number of fused-ring (bicyclic) bond motifs is 2. The lowest BCUT2D eigenvalue weighted by Gasteiger charge is -2.16. The van der Waals surface area contributed by atoms with Gasteiger partial charge in [0.1, 0.15) is 11.5 Å². The van der Waals surface area contributed by atoms with Crippen molar-refractivity contribution in [2.24, 2.45) is 0 Å². The Morgan fingerprint density at radius 2 is 1.65 bits per heavy atom. The first-order chi connectivity index (χ1) is 14.9. The molecule has 0 aromatic heterocycles. The van der Waals surface area contributed by atoms with Crippen molar-refractivity contribution in [2.75, 3.05) is 29.2 Å². The molecule has 0 spiro atoms. The van der Waals surface area contributed by atoms with Crippen molar-refractivity contribution in [1.29, 1.82) is 0 Å². The highest BCUT2D eigenvalue weighted by atomic mass is 16.5. The first-order valence-corrected chi connectivity index (χ1v) is 9.96. The predicted molar refractivity (Wildman–Crippen MR) is 121 cm³/mol. The predicted octanol–water partition coefficient (Wildman–Crippen LogP) is 5.42. The number of ether oxygens (including phenoxy) is 2. The molecule has 3 amide bonds. The molecule has 3 aromatic rings. The van der Waals surface area contributed by atoms with Crippen LogP contribution < -0.4 is 25.0 Å². The van der Waals surface area contributed by atoms with Gasteiger partial charge < -0.3 is 25.0 Å². The number of benzene rings is 3. The number of hydrogen-bond acceptors (Lipinski definition) is 4. The van der Waals surface area contributed by atoms with Crippen LogP contribution in [0.5, 0.6) is 17.2 Å². The normalized spacial score (nSPS) is 12.2. The van der Waals surface area contributed by atoms with Crippen molar-refractivity contribution in [3.8, 4) is 17.2 Å². The van der Waals surface area contributed by atoms with E-state index in [0.717, 1.165) is 11.3 Å². The second kappa shape index (κ2) is 8.39. The molecule has 4 rings (SSSR count). The molecule has 7 nitrogen and oxygen atoms in total. The summed E-state index contributed by atoms with van der Waals surface area (Å²) in [6, 6.07) is 17.3. The zero-order valence-electron chi connectivity index (χ0n) is 17.6. The fraction of sp³-hybridized carbons (Fsp3) is 0.167. The van der Waals surface area contributed by atoms with E-state index in [0.29, 0.717) is 40.7 Å². The number of carbonyl (C=O) groups is 2. The van der Waals surface area contributed by atoms with E-state index < -0.39 is 6.03 Å². The third-order valence-corrected chi connectivity index (χ3v) is 4.89. The summed E-state index contributed by atoms with van der Waals surface area (Å²) in [5, 5.41) is 5.52. The molecule has 0 atom stereocenters. The molecule has 0 unspecified atom stereocenters. The van der Waals surface area contributed by atoms with Crippen LogP contribution in [0, 0.1) is 6.92 Å². The molecule has 0 fully saturated rings. The maximum Gasteiger partial charge on any atom is 0.323 e. The average Bonchev–Trinajstić information content (AvgIpc) is 2.85. The molecular weight excluding hydrogens is 394 g/mol. The summed E-state index contributed by atoms with van der Waals surface area (Å²) < 4.78 is 11.4. The van der Waals surface area contributed by atoms with Crippen LogP contribution in [0.1, 0.15) is 22.8 Å². The summed E-state index contributed by atoms with van der Waals surface area (Å²) in [7, 11) is 1.71. The van der Waals surface area contributed by atoms with Gasteiger partial charge in [-0.3, -0.25) is 4.79 Å². The van der Waals surface area contributed by atoms with Crippen molar-refractivity contribution >= 4 is 29.0 Å². The van der Waals surface area contributed by atoms with Gasteiger partial charge in [-0.2, -0.15) is 0 Å². The van der Waals surface area contributed by atoms with E-state index in [-0.39, 0.29) is 5.91 Å². The Balaban J connectivity index is 1.51. The van der Waals surface area contributed by atoms with Crippen LogP contribution in [0.3, 0.4) is 0 Å². The summed E-state index contributed by atoms with van der Waals surface area (Å²) in [5.74, 6) is 1.57. The van der Waals surface area contributed by atoms with E-state index in [2.05, 4.69) is 10.6 Å². The average molecular weight is 417 g/mol. The smallest absolute Gasteiger partial charge is 0.323 e. The monoisotopic (exact) mass is 417 g/mol. The number of urea groups is 1. The number of anilines is 3. The Kier molecular flexibility index (Phi) is 5.49. The van der Waals surface area contributed by atoms with E-state index in [1.54, 1.807) is 54.4 Å². The highest BCUT2D eigenvalue weighted by molar-refractivity contribution is 6.10. The third kappa shape index (κ3) is 4.30. The zero-order valence-corrected chi connectivity index (χ0v) is 17.6. The fourth-order valence-electron chi connectivity index (χ4n) is 3.34. The quantitative estimate of drug-likeness (QED) is 0.594. The van der Waals surface area contributed by atoms with Crippen molar-refractivity contribution in [1.82, 2.24) is 0 Å². The van der Waals surface area contributed by atoms with Gasteiger partial charge in [0.2, 0.25) is 0 Å². The number of rotatable bonds is 4. The Morgan fingerprint density at radius 3 is 2.39 bits per heavy atom. The minimum atomic E-state index is -0.418. The third-order valence-electron chi connectivity index (χ3n) is 4.89. The van der Waals surface area contributed by atoms with E-state index in [1.807, 2.05) is 32.0 Å². The van der Waals surface area contributed by atoms with Crippen molar-refractivity contribution in [3.05, 3.63) is 71.8 Å². The summed E-state index contributed by atoms with van der Waals surface area (Å²) in [6.45, 7) is 4.45. The number of nitrogens with zero attached hydrogens (tertiary/aromatic N) is 1. The molecule has 0 aliphatic carbocycles. The van der Waals surface area contributed by atoms with Crippen LogP contribution in [0.15, 0.2) is 60.7 Å². The Bertz CT molecular complexity index is 1140. The summed E-state index contributed by atoms with van der Waals surface area (Å²) in [4.78, 5) is 27.0. The topological polar surface area (TPSA) is 79.9 Å². The molecule has 0 bridgehead atoms. The van der Waals surface area contributed by atoms with Gasteiger partial charge in [-0.05, 0) is 74.0 Å². The van der Waals surface area contributed by atoms with Crippen molar-refractivity contribution in [3.63, 3.8) is 0 Å². The van der Waals surface area contributed by atoms with Crippen LogP contribution in [0.2, 0.25) is 0 Å². The second-order valence-corrected chi connectivity index (χ2v) is 7.18. The van der Waals surface area contributed by atoms with E-state index in [1.165, 1.54) is 0 Å². The highest BCUT2D eigenvalue weighted by Gasteiger charge is 2.26. The SMILES string of the molecule is CCOc1ccc(NC(=O)Nc2ccc3c(c2)C(=O)N(C)c2cc(C)ccc2O3)cc1. The number of hydrogen-bond donors (Lipinski definition) is 2. The zero-order chi connectivity index (χ0) is 22.0. The van der Waals surface area contributed by atoms with E-state index in [4.69, 9.17) is 9.47 Å². The fourth-order valence-corrected chi connectivity index (χ4v) is 3.34. The number of carbonyl (C=O) groups excluding carboxylic acids is 2. The molecule has 0 saturated heterocycles. The van der Waals surface area contributed by atoms with Gasteiger partial charge in [0, 0.05) is 18.4 Å². The Labute approximate surface area is 180 Å². The first kappa shape index (κ1) is 20.3. The lowest BCUT2D eigenvalue weighted by Crippen LogP contribution is -2.25. The molecule has 0 saturated carbocycles. The number of amides is 3. The molecule has 0 radical (unpaired) electrons. The molecule has 7 heteroatoms. The van der Waals surface area contributed by atoms with Crippen LogP contribution in [-0.2, 0) is 0 Å². The lowest BCUT2D eigenvalue weighted by molar-refractivity contribution is 0.0993. The molecule has 3 aromatic carbocycles. The second-order valence-electron chi connectivity index (χ2n) is 7.18. The molecular formula is C24H23N3O4. The standard InChI is InChI=1S/C24H23N3O4/c1-4-30-18-9-6-16(7-10-18)25-24(29)26-17-8-12-21-19(14-17)23(28)27(3)20-13-15(2)5-11-22(20)31-21/h5-14H,4H2,1-3H3,(H2,25,26,29). The van der Waals surface area contributed by atoms with Crippen molar-refractivity contribution in [2.45, 2.75) is 13.8 Å². The van der Waals surface area contributed by atoms with Crippen LogP contribution >= 0.6 is 0 Å². The summed E-state index contributed by atoms with van der Waals surface area (Å²) in [5.41, 5.74) is 3.20. The maximum atomic E-state index is 13.0. The highest BCUT2D eigenvalue weighted by Crippen LogP contribution is 2.39. The van der Waals surface area contributed by atoms with Gasteiger partial charge in [0.05, 0.1) is 17.9 Å². The summed E-state index contributed by atoms with van der Waals surface area (Å²) in [6.07, 6.45) is 0. The van der Waals surface area contributed by atoms with Gasteiger partial charge in [-0.25, -0.2) is 4.79 Å². The summed E-state index contributed by atoms with van der Waals surface area (Å²) >= 11 is 0. The van der Waals surface area contributed by atoms with Gasteiger partial charge in [-0.1, -0.05) is 6.07 Å². The number of nitrogens with one attached hydrogen (secondary N) is 2. The molecule has 158 valence electrons. The molecule has 1 heterocycles. The largest absolute Gasteiger partial charge is 0.494 e. The van der Waals surface area contributed by atoms with Gasteiger partial charge >= 0.3 is 6.03 Å². The number of aryl methyl sites for hydroxylation is 1. The van der Waals surface area contributed by atoms with Gasteiger partial charge in [0.15, 0.2) is 5.75 Å². The van der Waals surface area contributed by atoms with Crippen LogP contribution in [0.25, 0.3) is 0 Å². The maximum absolute atomic E-state index is 13.0.